The third-order valence-corrected chi connectivity index (χ3v) is 5.34. The molecule has 1 atom stereocenters. The van der Waals surface area contributed by atoms with Crippen LogP contribution in [-0.2, 0) is 0 Å². The largest absolute Gasteiger partial charge is 0.492 e. The Bertz CT molecular complexity index is 1170. The van der Waals surface area contributed by atoms with Crippen LogP contribution in [0.4, 0.5) is 5.69 Å². The fourth-order valence-electron chi connectivity index (χ4n) is 3.91. The van der Waals surface area contributed by atoms with Crippen LogP contribution < -0.4 is 15.4 Å². The number of imidazole rings is 1. The van der Waals surface area contributed by atoms with Gasteiger partial charge in [0, 0.05) is 37.3 Å². The standard InChI is InChI=1S/C22H23N5O2/c23-8-11-29-17-7-10-27-20(13-24-21(27)12-17)18-5-4-15-2-1-3-19(22(15)25-18)26-9-6-16(28)14-26/h1-5,7,10,12-13,16,28H,6,8-9,11,14,23H2. The van der Waals surface area contributed by atoms with Gasteiger partial charge in [0.1, 0.15) is 18.0 Å². The number of aliphatic hydroxyl groups excluding tert-OH is 1. The van der Waals surface area contributed by atoms with Crippen molar-refractivity contribution in [3.05, 3.63) is 54.9 Å². The zero-order valence-electron chi connectivity index (χ0n) is 16.0. The molecule has 1 saturated heterocycles. The number of aliphatic hydroxyl groups is 1. The first-order valence-corrected chi connectivity index (χ1v) is 9.86. The number of aromatic nitrogens is 3. The Balaban J connectivity index is 1.56. The first-order chi connectivity index (χ1) is 14.2. The fraction of sp³-hybridized carbons (Fsp3) is 0.273. The van der Waals surface area contributed by atoms with Crippen molar-refractivity contribution >= 4 is 22.2 Å². The molecule has 0 radical (unpaired) electrons. The van der Waals surface area contributed by atoms with Gasteiger partial charge in [0.25, 0.3) is 0 Å². The van der Waals surface area contributed by atoms with Crippen LogP contribution in [0.3, 0.4) is 0 Å². The summed E-state index contributed by atoms with van der Waals surface area (Å²) in [5.41, 5.74) is 10.1. The second kappa shape index (κ2) is 7.35. The summed E-state index contributed by atoms with van der Waals surface area (Å²) in [6.07, 6.45) is 4.29. The highest BCUT2D eigenvalue weighted by molar-refractivity contribution is 5.92. The van der Waals surface area contributed by atoms with Crippen molar-refractivity contribution in [2.24, 2.45) is 5.73 Å². The highest BCUT2D eigenvalue weighted by Crippen LogP contribution is 2.31. The van der Waals surface area contributed by atoms with Gasteiger partial charge in [0.15, 0.2) is 0 Å². The number of β-amino-alcohol motifs (C(OH)–C–C–N with tert-alkyl or cyclic N) is 1. The van der Waals surface area contributed by atoms with E-state index < -0.39 is 0 Å². The van der Waals surface area contributed by atoms with Crippen molar-refractivity contribution in [2.75, 3.05) is 31.1 Å². The third-order valence-electron chi connectivity index (χ3n) is 5.34. The van der Waals surface area contributed by atoms with Crippen LogP contribution in [0.25, 0.3) is 27.9 Å². The number of fused-ring (bicyclic) bond motifs is 2. The lowest BCUT2D eigenvalue weighted by molar-refractivity contribution is 0.198. The maximum atomic E-state index is 9.94. The molecule has 3 N–H and O–H groups in total. The maximum absolute atomic E-state index is 9.94. The van der Waals surface area contributed by atoms with Crippen LogP contribution in [0, 0.1) is 0 Å². The van der Waals surface area contributed by atoms with E-state index in [0.29, 0.717) is 19.7 Å². The summed E-state index contributed by atoms with van der Waals surface area (Å²) >= 11 is 0. The minimum Gasteiger partial charge on any atom is -0.492 e. The predicted molar refractivity (Wildman–Crippen MR) is 113 cm³/mol. The maximum Gasteiger partial charge on any atom is 0.140 e. The van der Waals surface area contributed by atoms with Crippen LogP contribution in [0.15, 0.2) is 54.9 Å². The number of para-hydroxylation sites is 1. The normalized spacial score (nSPS) is 16.8. The summed E-state index contributed by atoms with van der Waals surface area (Å²) in [7, 11) is 0. The number of hydrogen-bond acceptors (Lipinski definition) is 6. The monoisotopic (exact) mass is 389 g/mol. The Morgan fingerprint density at radius 1 is 1.21 bits per heavy atom. The minimum atomic E-state index is -0.275. The molecule has 1 aromatic carbocycles. The summed E-state index contributed by atoms with van der Waals surface area (Å²) in [6, 6.07) is 14.1. The number of ether oxygens (including phenoxy) is 1. The lowest BCUT2D eigenvalue weighted by Crippen LogP contribution is -2.21. The van der Waals surface area contributed by atoms with Gasteiger partial charge in [0.2, 0.25) is 0 Å². The average Bonchev–Trinajstić information content (AvgIpc) is 3.37. The molecule has 4 aromatic rings. The molecule has 29 heavy (non-hydrogen) atoms. The molecule has 1 fully saturated rings. The van der Waals surface area contributed by atoms with Crippen molar-refractivity contribution in [3.63, 3.8) is 0 Å². The van der Waals surface area contributed by atoms with Gasteiger partial charge in [-0.2, -0.15) is 0 Å². The van der Waals surface area contributed by atoms with Crippen molar-refractivity contribution < 1.29 is 9.84 Å². The lowest BCUT2D eigenvalue weighted by atomic mass is 10.1. The molecule has 4 heterocycles. The van der Waals surface area contributed by atoms with E-state index in [1.807, 2.05) is 41.1 Å². The first-order valence-electron chi connectivity index (χ1n) is 9.86. The van der Waals surface area contributed by atoms with Crippen molar-refractivity contribution in [3.8, 4) is 17.1 Å². The number of nitrogens with zero attached hydrogens (tertiary/aromatic N) is 4. The molecule has 0 spiro atoms. The van der Waals surface area contributed by atoms with Gasteiger partial charge in [-0.1, -0.05) is 18.2 Å². The second-order valence-corrected chi connectivity index (χ2v) is 7.31. The molecule has 3 aromatic heterocycles. The van der Waals surface area contributed by atoms with Gasteiger partial charge >= 0.3 is 0 Å². The summed E-state index contributed by atoms with van der Waals surface area (Å²) in [5, 5.41) is 11.0. The highest BCUT2D eigenvalue weighted by Gasteiger charge is 2.22. The molecule has 1 unspecified atom stereocenters. The minimum absolute atomic E-state index is 0.275. The van der Waals surface area contributed by atoms with Crippen LogP contribution in [-0.4, -0.2) is 51.8 Å². The molecule has 0 aliphatic carbocycles. The number of rotatable bonds is 5. The van der Waals surface area contributed by atoms with Gasteiger partial charge in [-0.05, 0) is 24.6 Å². The van der Waals surface area contributed by atoms with Crippen molar-refractivity contribution in [2.45, 2.75) is 12.5 Å². The molecule has 7 heteroatoms. The predicted octanol–water partition coefficient (Wildman–Crippen LogP) is 2.46. The molecule has 148 valence electrons. The Morgan fingerprint density at radius 3 is 2.97 bits per heavy atom. The quantitative estimate of drug-likeness (QED) is 0.545. The summed E-state index contributed by atoms with van der Waals surface area (Å²) < 4.78 is 7.60. The Kier molecular flexibility index (Phi) is 4.54. The molecule has 1 aliphatic rings. The van der Waals surface area contributed by atoms with E-state index in [1.165, 1.54) is 0 Å². The van der Waals surface area contributed by atoms with Crippen molar-refractivity contribution in [1.29, 1.82) is 0 Å². The van der Waals surface area contributed by atoms with Gasteiger partial charge in [0.05, 0.1) is 34.9 Å². The van der Waals surface area contributed by atoms with Crippen LogP contribution >= 0.6 is 0 Å². The Labute approximate surface area is 168 Å². The number of benzene rings is 1. The fourth-order valence-corrected chi connectivity index (χ4v) is 3.91. The van der Waals surface area contributed by atoms with E-state index in [9.17, 15) is 5.11 Å². The average molecular weight is 389 g/mol. The number of anilines is 1. The SMILES string of the molecule is NCCOc1ccn2c(-c3ccc4cccc(N5CCC(O)C5)c4n3)cnc2c1. The highest BCUT2D eigenvalue weighted by atomic mass is 16.5. The van der Waals surface area contributed by atoms with E-state index in [4.69, 9.17) is 15.5 Å². The van der Waals surface area contributed by atoms with E-state index in [2.05, 4.69) is 28.1 Å². The third kappa shape index (κ3) is 3.28. The zero-order chi connectivity index (χ0) is 19.8. The summed E-state index contributed by atoms with van der Waals surface area (Å²) in [4.78, 5) is 11.7. The number of pyridine rings is 2. The molecular weight excluding hydrogens is 366 g/mol. The van der Waals surface area contributed by atoms with Gasteiger partial charge in [-0.15, -0.1) is 0 Å². The Morgan fingerprint density at radius 2 is 2.14 bits per heavy atom. The molecule has 0 bridgehead atoms. The van der Waals surface area contributed by atoms with E-state index in [-0.39, 0.29) is 6.10 Å². The smallest absolute Gasteiger partial charge is 0.140 e. The summed E-state index contributed by atoms with van der Waals surface area (Å²) in [5.74, 6) is 0.751. The summed E-state index contributed by atoms with van der Waals surface area (Å²) in [6.45, 7) is 2.44. The molecule has 0 amide bonds. The Hall–Kier alpha value is -3.16. The van der Waals surface area contributed by atoms with Gasteiger partial charge < -0.3 is 20.5 Å². The van der Waals surface area contributed by atoms with E-state index in [0.717, 1.165) is 52.3 Å². The second-order valence-electron chi connectivity index (χ2n) is 7.31. The van der Waals surface area contributed by atoms with Crippen LogP contribution in [0.2, 0.25) is 0 Å². The van der Waals surface area contributed by atoms with Gasteiger partial charge in [-0.25, -0.2) is 9.97 Å². The van der Waals surface area contributed by atoms with E-state index in [1.54, 1.807) is 0 Å². The molecule has 5 rings (SSSR count). The first kappa shape index (κ1) is 17.9. The number of hydrogen-bond donors (Lipinski definition) is 2. The van der Waals surface area contributed by atoms with Gasteiger partial charge in [-0.3, -0.25) is 4.40 Å². The lowest BCUT2D eigenvalue weighted by Gasteiger charge is -2.19. The zero-order valence-corrected chi connectivity index (χ0v) is 16.0. The van der Waals surface area contributed by atoms with Crippen molar-refractivity contribution in [1.82, 2.24) is 14.4 Å². The van der Waals surface area contributed by atoms with E-state index >= 15 is 0 Å². The molecule has 1 aliphatic heterocycles. The number of nitrogens with two attached hydrogens (primary N) is 1. The topological polar surface area (TPSA) is 88.9 Å². The molecular formula is C22H23N5O2. The van der Waals surface area contributed by atoms with Crippen LogP contribution in [0.5, 0.6) is 5.75 Å². The molecule has 0 saturated carbocycles. The molecule has 7 nitrogen and oxygen atoms in total. The van der Waals surface area contributed by atoms with Crippen LogP contribution in [0.1, 0.15) is 6.42 Å².